The van der Waals surface area contributed by atoms with Gasteiger partial charge in [0.1, 0.15) is 0 Å². The van der Waals surface area contributed by atoms with Crippen LogP contribution in [0, 0.1) is 0 Å². The van der Waals surface area contributed by atoms with E-state index in [1.54, 1.807) is 0 Å². The van der Waals surface area contributed by atoms with Crippen molar-refractivity contribution in [3.63, 3.8) is 0 Å². The van der Waals surface area contributed by atoms with Crippen molar-refractivity contribution >= 4 is 15.9 Å². The molecule has 0 saturated carbocycles. The van der Waals surface area contributed by atoms with E-state index < -0.39 is 0 Å². The van der Waals surface area contributed by atoms with Crippen LogP contribution in [0.15, 0.2) is 40.9 Å². The molecular formula is C13H15Br. The van der Waals surface area contributed by atoms with Crippen LogP contribution in [0.25, 0.3) is 0 Å². The standard InChI is InChI=1S/C13H15Br/c1-13(9-5-8-12(14)10-13)11-6-3-2-4-7-11/h2-4,6-8H,5,9-10H2,1H3. The molecule has 0 spiro atoms. The first-order valence-electron chi connectivity index (χ1n) is 5.11. The molecule has 0 saturated heterocycles. The Morgan fingerprint density at radius 2 is 1.93 bits per heavy atom. The van der Waals surface area contributed by atoms with E-state index in [4.69, 9.17) is 0 Å². The van der Waals surface area contributed by atoms with Gasteiger partial charge in [-0.05, 0) is 34.7 Å². The molecule has 0 heterocycles. The minimum Gasteiger partial charge on any atom is -0.0743 e. The summed E-state index contributed by atoms with van der Waals surface area (Å²) in [6.45, 7) is 2.36. The molecule has 1 aliphatic carbocycles. The third kappa shape index (κ3) is 1.93. The molecule has 1 atom stereocenters. The van der Waals surface area contributed by atoms with Crippen molar-refractivity contribution in [2.75, 3.05) is 0 Å². The fraction of sp³-hybridized carbons (Fsp3) is 0.385. The fourth-order valence-electron chi connectivity index (χ4n) is 2.17. The highest BCUT2D eigenvalue weighted by atomic mass is 79.9. The van der Waals surface area contributed by atoms with Crippen LogP contribution in [0.2, 0.25) is 0 Å². The summed E-state index contributed by atoms with van der Waals surface area (Å²) in [7, 11) is 0. The molecule has 0 N–H and O–H groups in total. The van der Waals surface area contributed by atoms with Crippen LogP contribution in [0.1, 0.15) is 31.7 Å². The highest BCUT2D eigenvalue weighted by molar-refractivity contribution is 9.11. The van der Waals surface area contributed by atoms with E-state index in [1.807, 2.05) is 0 Å². The molecule has 1 aliphatic rings. The predicted molar refractivity (Wildman–Crippen MR) is 64.7 cm³/mol. The number of hydrogen-bond acceptors (Lipinski definition) is 0. The quantitative estimate of drug-likeness (QED) is 0.693. The Kier molecular flexibility index (Phi) is 2.78. The fourth-order valence-corrected chi connectivity index (χ4v) is 3.02. The van der Waals surface area contributed by atoms with E-state index in [0.29, 0.717) is 5.41 Å². The van der Waals surface area contributed by atoms with Gasteiger partial charge in [-0.15, -0.1) is 0 Å². The number of halogens is 1. The Bertz CT molecular complexity index is 340. The Labute approximate surface area is 94.2 Å². The van der Waals surface area contributed by atoms with Gasteiger partial charge < -0.3 is 0 Å². The van der Waals surface area contributed by atoms with Gasteiger partial charge in [-0.2, -0.15) is 0 Å². The Balaban J connectivity index is 2.30. The molecule has 74 valence electrons. The number of rotatable bonds is 1. The van der Waals surface area contributed by atoms with Crippen LogP contribution in [-0.2, 0) is 5.41 Å². The van der Waals surface area contributed by atoms with Crippen LogP contribution in [0.5, 0.6) is 0 Å². The Hall–Kier alpha value is -0.560. The highest BCUT2D eigenvalue weighted by Crippen LogP contribution is 2.40. The molecule has 1 aromatic carbocycles. The first-order chi connectivity index (χ1) is 6.71. The first kappa shape index (κ1) is 9.97. The average molecular weight is 251 g/mol. The lowest BCUT2D eigenvalue weighted by atomic mass is 9.73. The molecule has 0 radical (unpaired) electrons. The Morgan fingerprint density at radius 1 is 1.21 bits per heavy atom. The predicted octanol–water partition coefficient (Wildman–Crippen LogP) is 4.41. The molecule has 0 bridgehead atoms. The topological polar surface area (TPSA) is 0 Å². The molecule has 2 rings (SSSR count). The second-order valence-corrected chi connectivity index (χ2v) is 5.31. The molecule has 1 unspecified atom stereocenters. The van der Waals surface area contributed by atoms with Crippen LogP contribution < -0.4 is 0 Å². The minimum atomic E-state index is 0.328. The van der Waals surface area contributed by atoms with E-state index in [2.05, 4.69) is 59.3 Å². The first-order valence-corrected chi connectivity index (χ1v) is 5.90. The van der Waals surface area contributed by atoms with Crippen LogP contribution in [0.4, 0.5) is 0 Å². The van der Waals surface area contributed by atoms with E-state index in [0.717, 1.165) is 6.42 Å². The van der Waals surface area contributed by atoms with Crippen molar-refractivity contribution in [1.82, 2.24) is 0 Å². The zero-order valence-electron chi connectivity index (χ0n) is 8.46. The van der Waals surface area contributed by atoms with Crippen molar-refractivity contribution < 1.29 is 0 Å². The van der Waals surface area contributed by atoms with Gasteiger partial charge in [0.2, 0.25) is 0 Å². The summed E-state index contributed by atoms with van der Waals surface area (Å²) in [5.74, 6) is 0. The molecule has 0 aliphatic heterocycles. The van der Waals surface area contributed by atoms with Gasteiger partial charge in [0.25, 0.3) is 0 Å². The van der Waals surface area contributed by atoms with Crippen molar-refractivity contribution in [3.05, 3.63) is 46.5 Å². The van der Waals surface area contributed by atoms with Gasteiger partial charge in [-0.3, -0.25) is 0 Å². The lowest BCUT2D eigenvalue weighted by Crippen LogP contribution is -2.23. The third-order valence-electron chi connectivity index (χ3n) is 3.09. The van der Waals surface area contributed by atoms with Gasteiger partial charge in [0.05, 0.1) is 0 Å². The SMILES string of the molecule is CC1(c2ccccc2)CCC=C(Br)C1. The second-order valence-electron chi connectivity index (χ2n) is 4.29. The maximum atomic E-state index is 3.62. The second kappa shape index (κ2) is 3.90. The smallest absolute Gasteiger partial charge is 0.00270 e. The average Bonchev–Trinajstić information content (AvgIpc) is 2.19. The summed E-state index contributed by atoms with van der Waals surface area (Å²) < 4.78 is 1.36. The number of benzene rings is 1. The minimum absolute atomic E-state index is 0.328. The normalized spacial score (nSPS) is 27.1. The van der Waals surface area contributed by atoms with Crippen molar-refractivity contribution in [2.45, 2.75) is 31.6 Å². The number of hydrogen-bond donors (Lipinski definition) is 0. The van der Waals surface area contributed by atoms with Crippen molar-refractivity contribution in [1.29, 1.82) is 0 Å². The van der Waals surface area contributed by atoms with E-state index in [1.165, 1.54) is 22.9 Å². The molecule has 1 aromatic rings. The highest BCUT2D eigenvalue weighted by Gasteiger charge is 2.28. The summed E-state index contributed by atoms with van der Waals surface area (Å²) in [5, 5.41) is 0. The maximum Gasteiger partial charge on any atom is -0.00270 e. The van der Waals surface area contributed by atoms with Crippen LogP contribution >= 0.6 is 15.9 Å². The monoisotopic (exact) mass is 250 g/mol. The van der Waals surface area contributed by atoms with Gasteiger partial charge >= 0.3 is 0 Å². The van der Waals surface area contributed by atoms with Gasteiger partial charge in [-0.25, -0.2) is 0 Å². The van der Waals surface area contributed by atoms with Crippen LogP contribution in [0.3, 0.4) is 0 Å². The van der Waals surface area contributed by atoms with Crippen molar-refractivity contribution in [2.24, 2.45) is 0 Å². The lowest BCUT2D eigenvalue weighted by molar-refractivity contribution is 0.425. The van der Waals surface area contributed by atoms with Gasteiger partial charge in [-0.1, -0.05) is 59.3 Å². The summed E-state index contributed by atoms with van der Waals surface area (Å²) >= 11 is 3.62. The van der Waals surface area contributed by atoms with E-state index in [-0.39, 0.29) is 0 Å². The summed E-state index contributed by atoms with van der Waals surface area (Å²) in [6.07, 6.45) is 5.87. The Morgan fingerprint density at radius 3 is 2.57 bits per heavy atom. The van der Waals surface area contributed by atoms with E-state index >= 15 is 0 Å². The van der Waals surface area contributed by atoms with Gasteiger partial charge in [0, 0.05) is 0 Å². The summed E-state index contributed by atoms with van der Waals surface area (Å²) in [6, 6.07) is 10.8. The largest absolute Gasteiger partial charge is 0.0743 e. The van der Waals surface area contributed by atoms with Gasteiger partial charge in [0.15, 0.2) is 0 Å². The zero-order valence-corrected chi connectivity index (χ0v) is 10.0. The molecule has 0 aromatic heterocycles. The maximum absolute atomic E-state index is 3.62. The van der Waals surface area contributed by atoms with Crippen molar-refractivity contribution in [3.8, 4) is 0 Å². The zero-order chi connectivity index (χ0) is 10.0. The summed E-state index contributed by atoms with van der Waals surface area (Å²) in [5.41, 5.74) is 1.79. The molecule has 0 nitrogen and oxygen atoms in total. The molecule has 0 fully saturated rings. The molecule has 14 heavy (non-hydrogen) atoms. The molecule has 1 heteroatoms. The van der Waals surface area contributed by atoms with E-state index in [9.17, 15) is 0 Å². The third-order valence-corrected chi connectivity index (χ3v) is 3.70. The molecule has 0 amide bonds. The number of allylic oxidation sites excluding steroid dienone is 2. The summed E-state index contributed by atoms with van der Waals surface area (Å²) in [4.78, 5) is 0. The molecular weight excluding hydrogens is 236 g/mol. The lowest BCUT2D eigenvalue weighted by Gasteiger charge is -2.33. The van der Waals surface area contributed by atoms with Crippen LogP contribution in [-0.4, -0.2) is 0 Å².